The van der Waals surface area contributed by atoms with Gasteiger partial charge in [-0.1, -0.05) is 29.3 Å². The summed E-state index contributed by atoms with van der Waals surface area (Å²) in [5.74, 6) is 0.779. The molecule has 0 amide bonds. The Bertz CT molecular complexity index is 995. The summed E-state index contributed by atoms with van der Waals surface area (Å²) in [6.07, 6.45) is -0.660. The van der Waals surface area contributed by atoms with Crippen LogP contribution in [0.1, 0.15) is 22.3 Å². The number of nitrogens with one attached hydrogen (secondary N) is 2. The van der Waals surface area contributed by atoms with Crippen LogP contribution in [0.3, 0.4) is 0 Å². The molecule has 0 bridgehead atoms. The average Bonchev–Trinajstić information content (AvgIpc) is 2.62. The average molecular weight is 366 g/mol. The topological polar surface area (TPSA) is 74.3 Å². The maximum atomic E-state index is 12.2. The van der Waals surface area contributed by atoms with Gasteiger partial charge in [-0.2, -0.15) is 0 Å². The van der Waals surface area contributed by atoms with E-state index in [1.165, 1.54) is 5.56 Å². The highest BCUT2D eigenvalue weighted by atomic mass is 16.5. The molecule has 0 spiro atoms. The van der Waals surface area contributed by atoms with E-state index in [4.69, 9.17) is 4.74 Å². The fourth-order valence-corrected chi connectivity index (χ4v) is 3.08. The molecule has 0 aliphatic rings. The van der Waals surface area contributed by atoms with Crippen molar-refractivity contribution in [2.45, 2.75) is 33.4 Å². The zero-order valence-corrected chi connectivity index (χ0v) is 16.0. The maximum Gasteiger partial charge on any atom is 0.252 e. The van der Waals surface area contributed by atoms with E-state index in [1.807, 2.05) is 63.2 Å². The number of fused-ring (bicyclic) bond motifs is 1. The fraction of sp³-hybridized carbons (Fsp3) is 0.318. The van der Waals surface area contributed by atoms with Gasteiger partial charge in [-0.3, -0.25) is 4.79 Å². The summed E-state index contributed by atoms with van der Waals surface area (Å²) in [4.78, 5) is 15.1. The maximum absolute atomic E-state index is 12.2. The molecule has 1 heterocycles. The number of aromatic nitrogens is 1. The number of aromatic amines is 1. The lowest BCUT2D eigenvalue weighted by Crippen LogP contribution is -2.32. The molecule has 0 aliphatic heterocycles. The molecule has 2 aromatic carbocycles. The van der Waals surface area contributed by atoms with Crippen LogP contribution in [0, 0.1) is 20.8 Å². The van der Waals surface area contributed by atoms with E-state index in [-0.39, 0.29) is 12.2 Å². The first-order chi connectivity index (χ1) is 12.9. The Morgan fingerprint density at radius 3 is 2.59 bits per heavy atom. The third-order valence-electron chi connectivity index (χ3n) is 4.53. The Kier molecular flexibility index (Phi) is 5.94. The minimum absolute atomic E-state index is 0.111. The van der Waals surface area contributed by atoms with E-state index in [0.717, 1.165) is 27.8 Å². The van der Waals surface area contributed by atoms with Crippen LogP contribution in [0.4, 0.5) is 0 Å². The van der Waals surface area contributed by atoms with Crippen LogP contribution < -0.4 is 15.6 Å². The van der Waals surface area contributed by atoms with E-state index < -0.39 is 6.10 Å². The summed E-state index contributed by atoms with van der Waals surface area (Å²) < 4.78 is 5.69. The number of benzene rings is 2. The van der Waals surface area contributed by atoms with Gasteiger partial charge >= 0.3 is 0 Å². The van der Waals surface area contributed by atoms with Crippen LogP contribution >= 0.6 is 0 Å². The van der Waals surface area contributed by atoms with Crippen LogP contribution in [0.15, 0.2) is 47.3 Å². The largest absolute Gasteiger partial charge is 0.491 e. The summed E-state index contributed by atoms with van der Waals surface area (Å²) in [6.45, 7) is 6.97. The summed E-state index contributed by atoms with van der Waals surface area (Å²) in [5.41, 5.74) is 4.74. The molecule has 0 radical (unpaired) electrons. The normalized spacial score (nSPS) is 12.3. The van der Waals surface area contributed by atoms with Crippen molar-refractivity contribution in [2.24, 2.45) is 0 Å². The van der Waals surface area contributed by atoms with Crippen LogP contribution in [-0.4, -0.2) is 29.3 Å². The molecule has 0 fully saturated rings. The number of aryl methyl sites for hydroxylation is 3. The Hall–Kier alpha value is -2.63. The Labute approximate surface area is 159 Å². The summed E-state index contributed by atoms with van der Waals surface area (Å²) in [6, 6.07) is 13.8. The zero-order chi connectivity index (χ0) is 19.4. The quantitative estimate of drug-likeness (QED) is 0.601. The van der Waals surface area contributed by atoms with Gasteiger partial charge in [0.15, 0.2) is 0 Å². The number of H-pyrrole nitrogens is 1. The summed E-state index contributed by atoms with van der Waals surface area (Å²) >= 11 is 0. The molecule has 3 rings (SSSR count). The molecule has 1 atom stereocenters. The van der Waals surface area contributed by atoms with E-state index in [1.54, 1.807) is 0 Å². The van der Waals surface area contributed by atoms with Gasteiger partial charge in [0.05, 0.1) is 0 Å². The number of ether oxygens (including phenoxy) is 1. The minimum atomic E-state index is -0.660. The molecule has 0 unspecified atom stereocenters. The number of pyridine rings is 1. The zero-order valence-electron chi connectivity index (χ0n) is 16.0. The first-order valence-electron chi connectivity index (χ1n) is 9.14. The Morgan fingerprint density at radius 2 is 1.81 bits per heavy atom. The van der Waals surface area contributed by atoms with E-state index in [9.17, 15) is 9.90 Å². The number of aliphatic hydroxyl groups is 1. The smallest absolute Gasteiger partial charge is 0.252 e. The summed E-state index contributed by atoms with van der Waals surface area (Å²) in [5, 5.41) is 14.3. The van der Waals surface area contributed by atoms with Crippen LogP contribution in [0.5, 0.6) is 5.75 Å². The standard InChI is InChI=1S/C22H26N2O3/c1-14-5-7-21(16(3)8-14)27-13-19(25)12-23-11-18-10-17-9-15(2)4-6-20(17)24-22(18)26/h4-10,19,23,25H,11-13H2,1-3H3,(H,24,26)/t19-/m0/s1. The van der Waals surface area contributed by atoms with Gasteiger partial charge in [0.25, 0.3) is 5.56 Å². The lowest BCUT2D eigenvalue weighted by atomic mass is 10.1. The van der Waals surface area contributed by atoms with Crippen molar-refractivity contribution >= 4 is 10.9 Å². The van der Waals surface area contributed by atoms with E-state index >= 15 is 0 Å². The number of hydrogen-bond donors (Lipinski definition) is 3. The second-order valence-corrected chi connectivity index (χ2v) is 7.08. The van der Waals surface area contributed by atoms with Gasteiger partial charge in [0.2, 0.25) is 0 Å². The second kappa shape index (κ2) is 8.37. The van der Waals surface area contributed by atoms with Crippen molar-refractivity contribution in [1.82, 2.24) is 10.3 Å². The molecule has 5 heteroatoms. The van der Waals surface area contributed by atoms with Gasteiger partial charge in [-0.15, -0.1) is 0 Å². The van der Waals surface area contributed by atoms with Crippen molar-refractivity contribution in [1.29, 1.82) is 0 Å². The first-order valence-corrected chi connectivity index (χ1v) is 9.14. The van der Waals surface area contributed by atoms with E-state index in [2.05, 4.69) is 10.3 Å². The molecule has 5 nitrogen and oxygen atoms in total. The van der Waals surface area contributed by atoms with Gasteiger partial charge in [-0.05, 0) is 56.0 Å². The molecule has 27 heavy (non-hydrogen) atoms. The first kappa shape index (κ1) is 19.1. The van der Waals surface area contributed by atoms with Gasteiger partial charge in [-0.25, -0.2) is 0 Å². The second-order valence-electron chi connectivity index (χ2n) is 7.08. The number of hydrogen-bond acceptors (Lipinski definition) is 4. The SMILES string of the molecule is Cc1ccc(OC[C@@H](O)CNCc2cc3cc(C)ccc3[nH]c2=O)c(C)c1. The molecular weight excluding hydrogens is 340 g/mol. The van der Waals surface area contributed by atoms with Crippen molar-refractivity contribution in [2.75, 3.05) is 13.2 Å². The molecular formula is C22H26N2O3. The molecule has 142 valence electrons. The molecule has 3 N–H and O–H groups in total. The van der Waals surface area contributed by atoms with Crippen molar-refractivity contribution < 1.29 is 9.84 Å². The highest BCUT2D eigenvalue weighted by molar-refractivity contribution is 5.79. The predicted octanol–water partition coefficient (Wildman–Crippen LogP) is 2.98. The Morgan fingerprint density at radius 1 is 1.07 bits per heavy atom. The van der Waals surface area contributed by atoms with Crippen molar-refractivity contribution in [3.05, 3.63) is 75.1 Å². The molecule has 0 saturated heterocycles. The van der Waals surface area contributed by atoms with Crippen LogP contribution in [-0.2, 0) is 6.54 Å². The third kappa shape index (κ3) is 4.96. The van der Waals surface area contributed by atoms with E-state index in [0.29, 0.717) is 18.7 Å². The van der Waals surface area contributed by atoms with Crippen LogP contribution in [0.2, 0.25) is 0 Å². The highest BCUT2D eigenvalue weighted by Gasteiger charge is 2.08. The van der Waals surface area contributed by atoms with Crippen molar-refractivity contribution in [3.8, 4) is 5.75 Å². The summed E-state index contributed by atoms with van der Waals surface area (Å²) in [7, 11) is 0. The molecule has 0 saturated carbocycles. The van der Waals surface area contributed by atoms with Crippen LogP contribution in [0.25, 0.3) is 10.9 Å². The molecule has 3 aromatic rings. The lowest BCUT2D eigenvalue weighted by Gasteiger charge is -2.15. The fourth-order valence-electron chi connectivity index (χ4n) is 3.08. The van der Waals surface area contributed by atoms with Gasteiger partial charge in [0.1, 0.15) is 18.5 Å². The monoisotopic (exact) mass is 366 g/mol. The highest BCUT2D eigenvalue weighted by Crippen LogP contribution is 2.18. The lowest BCUT2D eigenvalue weighted by molar-refractivity contribution is 0.106. The Balaban J connectivity index is 1.53. The van der Waals surface area contributed by atoms with Gasteiger partial charge < -0.3 is 20.1 Å². The number of rotatable bonds is 7. The third-order valence-corrected chi connectivity index (χ3v) is 4.53. The van der Waals surface area contributed by atoms with Crippen molar-refractivity contribution in [3.63, 3.8) is 0 Å². The molecule has 1 aromatic heterocycles. The number of aliphatic hydroxyl groups excluding tert-OH is 1. The minimum Gasteiger partial charge on any atom is -0.491 e. The van der Waals surface area contributed by atoms with Gasteiger partial charge in [0, 0.05) is 24.2 Å². The molecule has 0 aliphatic carbocycles. The predicted molar refractivity (Wildman–Crippen MR) is 108 cm³/mol.